The number of carbonyl (C=O) groups excluding carboxylic acids is 1. The van der Waals surface area contributed by atoms with Crippen molar-refractivity contribution in [2.45, 2.75) is 326 Å². The van der Waals surface area contributed by atoms with Gasteiger partial charge >= 0.3 is 7.82 Å². The van der Waals surface area contributed by atoms with Crippen molar-refractivity contribution in [3.63, 3.8) is 0 Å². The molecule has 0 radical (unpaired) electrons. The van der Waals surface area contributed by atoms with Gasteiger partial charge in [0.15, 0.2) is 0 Å². The van der Waals surface area contributed by atoms with Crippen molar-refractivity contribution < 1.29 is 53.9 Å². The van der Waals surface area contributed by atoms with Crippen LogP contribution in [0.4, 0.5) is 0 Å². The molecular formula is C53H106NO11P. The van der Waals surface area contributed by atoms with E-state index in [9.17, 15) is 44.9 Å². The number of carbonyl (C=O) groups is 1. The molecule has 0 aromatic carbocycles. The molecule has 1 aliphatic rings. The maximum Gasteiger partial charge on any atom is 0.472 e. The molecule has 0 aliphatic heterocycles. The summed E-state index contributed by atoms with van der Waals surface area (Å²) < 4.78 is 23.0. The lowest BCUT2D eigenvalue weighted by atomic mass is 9.85. The number of aliphatic hydroxyl groups excluding tert-OH is 6. The lowest BCUT2D eigenvalue weighted by molar-refractivity contribution is -0.220. The lowest BCUT2D eigenvalue weighted by Gasteiger charge is -2.41. The number of phosphoric acid groups is 1. The van der Waals surface area contributed by atoms with Crippen LogP contribution < -0.4 is 5.32 Å². The molecule has 1 fully saturated rings. The number of hydrogen-bond donors (Lipinski definition) is 8. The Balaban J connectivity index is 2.22. The second-order valence-corrected chi connectivity index (χ2v) is 21.6. The Hall–Kier alpha value is -0.660. The summed E-state index contributed by atoms with van der Waals surface area (Å²) in [5.74, 6) is -0.302. The van der Waals surface area contributed by atoms with E-state index in [0.717, 1.165) is 38.5 Å². The third kappa shape index (κ3) is 33.8. The fourth-order valence-electron chi connectivity index (χ4n) is 9.38. The molecule has 394 valence electrons. The van der Waals surface area contributed by atoms with Gasteiger partial charge in [-0.15, -0.1) is 0 Å². The van der Waals surface area contributed by atoms with Crippen LogP contribution in [0.2, 0.25) is 0 Å². The van der Waals surface area contributed by atoms with E-state index in [4.69, 9.17) is 9.05 Å². The van der Waals surface area contributed by atoms with Gasteiger partial charge in [-0.1, -0.05) is 258 Å². The molecule has 6 unspecified atom stereocenters. The summed E-state index contributed by atoms with van der Waals surface area (Å²) in [6.45, 7) is 3.91. The van der Waals surface area contributed by atoms with Crippen molar-refractivity contribution in [3.8, 4) is 0 Å². The highest BCUT2D eigenvalue weighted by molar-refractivity contribution is 7.47. The number of unbranched alkanes of at least 4 members (excludes halogenated alkanes) is 37. The molecule has 0 spiro atoms. The van der Waals surface area contributed by atoms with Crippen LogP contribution in [0.25, 0.3) is 0 Å². The molecule has 66 heavy (non-hydrogen) atoms. The predicted molar refractivity (Wildman–Crippen MR) is 269 cm³/mol. The van der Waals surface area contributed by atoms with Gasteiger partial charge in [-0.3, -0.25) is 13.8 Å². The van der Waals surface area contributed by atoms with Crippen molar-refractivity contribution in [1.29, 1.82) is 0 Å². The van der Waals surface area contributed by atoms with Crippen LogP contribution in [0.15, 0.2) is 0 Å². The summed E-state index contributed by atoms with van der Waals surface area (Å²) in [7, 11) is -5.05. The third-order valence-corrected chi connectivity index (χ3v) is 14.9. The molecular weight excluding hydrogens is 858 g/mol. The number of amides is 1. The maximum absolute atomic E-state index is 13.0. The molecule has 1 aliphatic carbocycles. The van der Waals surface area contributed by atoms with Gasteiger partial charge < -0.3 is 40.8 Å². The van der Waals surface area contributed by atoms with Crippen molar-refractivity contribution in [2.75, 3.05) is 6.61 Å². The van der Waals surface area contributed by atoms with E-state index in [0.29, 0.717) is 19.3 Å². The first-order chi connectivity index (χ1) is 31.9. The van der Waals surface area contributed by atoms with Gasteiger partial charge in [0.05, 0.1) is 18.8 Å². The minimum absolute atomic E-state index is 0.243. The van der Waals surface area contributed by atoms with Gasteiger partial charge in [0, 0.05) is 6.42 Å². The number of nitrogens with one attached hydrogen (secondary N) is 1. The first-order valence-electron chi connectivity index (χ1n) is 28.0. The Labute approximate surface area is 404 Å². The van der Waals surface area contributed by atoms with Gasteiger partial charge in [-0.05, 0) is 12.8 Å². The molecule has 12 nitrogen and oxygen atoms in total. The fraction of sp³-hybridized carbons (Fsp3) is 0.981. The Bertz CT molecular complexity index is 1120. The van der Waals surface area contributed by atoms with Crippen LogP contribution in [0.3, 0.4) is 0 Å². The minimum atomic E-state index is -5.05. The maximum atomic E-state index is 13.0. The highest BCUT2D eigenvalue weighted by atomic mass is 31.2. The van der Waals surface area contributed by atoms with E-state index in [-0.39, 0.29) is 12.3 Å². The molecule has 0 aromatic rings. The molecule has 1 saturated carbocycles. The molecule has 1 amide bonds. The van der Waals surface area contributed by atoms with Crippen LogP contribution in [0.1, 0.15) is 277 Å². The van der Waals surface area contributed by atoms with E-state index >= 15 is 0 Å². The highest BCUT2D eigenvalue weighted by Crippen LogP contribution is 2.47. The lowest BCUT2D eigenvalue weighted by Crippen LogP contribution is -2.64. The third-order valence-electron chi connectivity index (χ3n) is 13.9. The van der Waals surface area contributed by atoms with Crippen LogP contribution in [-0.2, 0) is 18.4 Å². The Morgan fingerprint density at radius 1 is 0.455 bits per heavy atom. The smallest absolute Gasteiger partial charge is 0.391 e. The van der Waals surface area contributed by atoms with Crippen LogP contribution in [0.5, 0.6) is 0 Å². The zero-order chi connectivity index (χ0) is 48.5. The SMILES string of the molecule is CCCCCCCCCCCCCCCCCCCCCCCCCCCCCCC(=O)N[C@@H](COP(=O)(O)OC1C(O)C(O)C(O)[C@@H](O)C1O)[C@H](O)CCCCCCCCCCCCC. The number of hydrogen-bond acceptors (Lipinski definition) is 10. The first kappa shape index (κ1) is 63.4. The number of aliphatic hydroxyl groups is 6. The minimum Gasteiger partial charge on any atom is -0.391 e. The largest absolute Gasteiger partial charge is 0.472 e. The number of phosphoric ester groups is 1. The Morgan fingerprint density at radius 2 is 0.727 bits per heavy atom. The topological polar surface area (TPSA) is 206 Å². The molecule has 0 aromatic heterocycles. The summed E-state index contributed by atoms with van der Waals surface area (Å²) in [6, 6.07) is -1.03. The highest BCUT2D eigenvalue weighted by Gasteiger charge is 2.51. The van der Waals surface area contributed by atoms with Crippen LogP contribution in [-0.4, -0.2) is 96.8 Å². The summed E-state index contributed by atoms with van der Waals surface area (Å²) in [5, 5.41) is 64.3. The summed E-state index contributed by atoms with van der Waals surface area (Å²) in [5.41, 5.74) is 0. The summed E-state index contributed by atoms with van der Waals surface area (Å²) >= 11 is 0. The average molecular weight is 964 g/mol. The van der Waals surface area contributed by atoms with E-state index in [1.54, 1.807) is 0 Å². The number of rotatable bonds is 48. The van der Waals surface area contributed by atoms with Gasteiger partial charge in [0.25, 0.3) is 0 Å². The van der Waals surface area contributed by atoms with Crippen molar-refractivity contribution >= 4 is 13.7 Å². The van der Waals surface area contributed by atoms with Crippen LogP contribution in [0, 0.1) is 0 Å². The quantitative estimate of drug-likeness (QED) is 0.0213. The van der Waals surface area contributed by atoms with Crippen molar-refractivity contribution in [3.05, 3.63) is 0 Å². The van der Waals surface area contributed by atoms with Gasteiger partial charge in [0.2, 0.25) is 5.91 Å². The van der Waals surface area contributed by atoms with Crippen LogP contribution >= 0.6 is 7.82 Å². The fourth-order valence-corrected chi connectivity index (χ4v) is 10.3. The molecule has 0 bridgehead atoms. The second-order valence-electron chi connectivity index (χ2n) is 20.1. The van der Waals surface area contributed by atoms with Gasteiger partial charge in [-0.2, -0.15) is 0 Å². The molecule has 0 saturated heterocycles. The molecule has 13 heteroatoms. The Kier molecular flexibility index (Phi) is 41.4. The van der Waals surface area contributed by atoms with E-state index in [1.807, 2.05) is 0 Å². The van der Waals surface area contributed by atoms with E-state index in [2.05, 4.69) is 19.2 Å². The monoisotopic (exact) mass is 964 g/mol. The van der Waals surface area contributed by atoms with E-state index < -0.39 is 63.2 Å². The normalized spacial score (nSPS) is 21.8. The summed E-state index contributed by atoms with van der Waals surface area (Å²) in [6.07, 6.45) is 37.4. The van der Waals surface area contributed by atoms with Gasteiger partial charge in [0.1, 0.15) is 36.6 Å². The predicted octanol–water partition coefficient (Wildman–Crippen LogP) is 12.2. The van der Waals surface area contributed by atoms with Gasteiger partial charge in [-0.25, -0.2) is 4.57 Å². The molecule has 8 N–H and O–H groups in total. The average Bonchev–Trinajstić information content (AvgIpc) is 3.30. The Morgan fingerprint density at radius 3 is 1.05 bits per heavy atom. The zero-order valence-electron chi connectivity index (χ0n) is 42.5. The second kappa shape index (κ2) is 43.2. The first-order valence-corrected chi connectivity index (χ1v) is 29.5. The van der Waals surface area contributed by atoms with Crippen molar-refractivity contribution in [2.24, 2.45) is 0 Å². The van der Waals surface area contributed by atoms with Crippen molar-refractivity contribution in [1.82, 2.24) is 5.32 Å². The zero-order valence-corrected chi connectivity index (χ0v) is 43.4. The molecule has 0 heterocycles. The summed E-state index contributed by atoms with van der Waals surface area (Å²) in [4.78, 5) is 23.5. The molecule has 9 atom stereocenters. The standard InChI is InChI=1S/C53H106NO11P/c1-3-5-7-9-11-13-15-16-17-18-19-20-21-22-23-24-25-26-27-28-29-30-31-33-35-37-39-41-43-47(56)54-45(46(55)42-40-38-36-34-32-14-12-10-8-6-4-2)44-64-66(62,63)65-53-51(60)49(58)48(57)50(59)52(53)61/h45-46,48-53,55,57-61H,3-44H2,1-2H3,(H,54,56)(H,62,63)/t45-,46+,48?,49+,50?,51?,52?,53?/m0/s1. The van der Waals surface area contributed by atoms with E-state index in [1.165, 1.54) is 199 Å². The molecule has 1 rings (SSSR count).